The molecule has 3 heteroatoms. The second-order valence-electron chi connectivity index (χ2n) is 2.76. The van der Waals surface area contributed by atoms with Crippen molar-refractivity contribution in [2.45, 2.75) is 13.0 Å². The maximum absolute atomic E-state index is 13.1. The van der Waals surface area contributed by atoms with Crippen LogP contribution in [0.4, 0.5) is 4.39 Å². The van der Waals surface area contributed by atoms with Crippen molar-refractivity contribution in [2.24, 2.45) is 5.73 Å². The predicted molar refractivity (Wildman–Crippen MR) is 45.2 cm³/mol. The Morgan fingerprint density at radius 2 is 2.25 bits per heavy atom. The number of halogens is 1. The molecule has 0 spiro atoms. The van der Waals surface area contributed by atoms with Crippen LogP contribution in [-0.2, 0) is 0 Å². The number of benzene rings is 1. The highest BCUT2D eigenvalue weighted by Crippen LogP contribution is 2.18. The Morgan fingerprint density at radius 1 is 1.58 bits per heavy atom. The van der Waals surface area contributed by atoms with Gasteiger partial charge in [-0.15, -0.1) is 0 Å². The smallest absolute Gasteiger partial charge is 0.128 e. The molecule has 12 heavy (non-hydrogen) atoms. The lowest BCUT2D eigenvalue weighted by Gasteiger charge is -2.12. The molecule has 1 aromatic rings. The zero-order valence-corrected chi connectivity index (χ0v) is 6.92. The number of hydrogen-bond acceptors (Lipinski definition) is 2. The fraction of sp³-hybridized carbons (Fsp3) is 0.333. The highest BCUT2D eigenvalue weighted by atomic mass is 19.1. The van der Waals surface area contributed by atoms with Crippen LogP contribution in [0.1, 0.15) is 17.2 Å². The molecule has 0 aliphatic heterocycles. The molecule has 0 saturated carbocycles. The summed E-state index contributed by atoms with van der Waals surface area (Å²) in [6, 6.07) is 4.12. The third-order valence-electron chi connectivity index (χ3n) is 1.84. The van der Waals surface area contributed by atoms with Crippen LogP contribution in [0.5, 0.6) is 0 Å². The zero-order valence-electron chi connectivity index (χ0n) is 6.92. The fourth-order valence-electron chi connectivity index (χ4n) is 1.21. The Kier molecular flexibility index (Phi) is 2.78. The lowest BCUT2D eigenvalue weighted by atomic mass is 10.0. The molecule has 3 N–H and O–H groups in total. The molecule has 0 saturated heterocycles. The molecule has 0 bridgehead atoms. The van der Waals surface area contributed by atoms with Crippen LogP contribution in [0.15, 0.2) is 18.2 Å². The minimum atomic E-state index is -0.619. The van der Waals surface area contributed by atoms with E-state index in [1.807, 2.05) is 0 Å². The van der Waals surface area contributed by atoms with Crippen molar-refractivity contribution in [3.8, 4) is 0 Å². The normalized spacial score (nSPS) is 13.0. The van der Waals surface area contributed by atoms with Crippen molar-refractivity contribution in [3.63, 3.8) is 0 Å². The van der Waals surface area contributed by atoms with Crippen LogP contribution < -0.4 is 5.73 Å². The minimum absolute atomic E-state index is 0.234. The van der Waals surface area contributed by atoms with Gasteiger partial charge in [-0.2, -0.15) is 0 Å². The molecular weight excluding hydrogens is 157 g/mol. The Morgan fingerprint density at radius 3 is 2.75 bits per heavy atom. The standard InChI is InChI=1S/C9H12FNO/c1-6-3-2-4-7(10)9(6)8(11)5-12/h2-4,8,12H,5,11H2,1H3/t8-/m0/s1. The van der Waals surface area contributed by atoms with E-state index in [4.69, 9.17) is 10.8 Å². The quantitative estimate of drug-likeness (QED) is 0.697. The Balaban J connectivity index is 3.12. The van der Waals surface area contributed by atoms with Crippen molar-refractivity contribution < 1.29 is 9.50 Å². The second kappa shape index (κ2) is 3.65. The van der Waals surface area contributed by atoms with Crippen molar-refractivity contribution in [1.82, 2.24) is 0 Å². The molecule has 0 fully saturated rings. The predicted octanol–water partition coefficient (Wildman–Crippen LogP) is 1.13. The van der Waals surface area contributed by atoms with Gasteiger partial charge < -0.3 is 10.8 Å². The number of rotatable bonds is 2. The molecular formula is C9H12FNO. The van der Waals surface area contributed by atoms with E-state index in [9.17, 15) is 4.39 Å². The Labute approximate surface area is 70.8 Å². The van der Waals surface area contributed by atoms with Gasteiger partial charge in [-0.3, -0.25) is 0 Å². The van der Waals surface area contributed by atoms with Gasteiger partial charge in [0.15, 0.2) is 0 Å². The maximum atomic E-state index is 13.1. The first-order chi connectivity index (χ1) is 5.66. The molecule has 0 radical (unpaired) electrons. The number of aliphatic hydroxyl groups excluding tert-OH is 1. The minimum Gasteiger partial charge on any atom is -0.394 e. The first-order valence-electron chi connectivity index (χ1n) is 3.78. The molecule has 0 amide bonds. The summed E-state index contributed by atoms with van der Waals surface area (Å²) in [6.07, 6.45) is 0. The van der Waals surface area contributed by atoms with E-state index in [0.717, 1.165) is 5.56 Å². The van der Waals surface area contributed by atoms with Gasteiger partial charge in [0.05, 0.1) is 12.6 Å². The van der Waals surface area contributed by atoms with Crippen molar-refractivity contribution in [2.75, 3.05) is 6.61 Å². The molecule has 1 aromatic carbocycles. The Hall–Kier alpha value is -0.930. The van der Waals surface area contributed by atoms with E-state index in [1.54, 1.807) is 19.1 Å². The molecule has 0 aliphatic rings. The number of aryl methyl sites for hydroxylation is 1. The van der Waals surface area contributed by atoms with Gasteiger partial charge in [0, 0.05) is 5.56 Å². The van der Waals surface area contributed by atoms with Gasteiger partial charge >= 0.3 is 0 Å². The van der Waals surface area contributed by atoms with E-state index in [2.05, 4.69) is 0 Å². The molecule has 2 nitrogen and oxygen atoms in total. The summed E-state index contributed by atoms with van der Waals surface area (Å²) in [5.74, 6) is -0.350. The van der Waals surface area contributed by atoms with Gasteiger partial charge in [0.1, 0.15) is 5.82 Å². The van der Waals surface area contributed by atoms with Crippen LogP contribution >= 0.6 is 0 Å². The number of aliphatic hydroxyl groups is 1. The third-order valence-corrected chi connectivity index (χ3v) is 1.84. The van der Waals surface area contributed by atoms with Crippen LogP contribution in [0, 0.1) is 12.7 Å². The van der Waals surface area contributed by atoms with Crippen molar-refractivity contribution in [1.29, 1.82) is 0 Å². The summed E-state index contributed by atoms with van der Waals surface area (Å²) >= 11 is 0. The number of hydrogen-bond donors (Lipinski definition) is 2. The molecule has 0 unspecified atom stereocenters. The number of nitrogens with two attached hydrogens (primary N) is 1. The Bertz CT molecular complexity index is 255. The average molecular weight is 169 g/mol. The molecule has 1 rings (SSSR count). The summed E-state index contributed by atoms with van der Waals surface area (Å²) in [7, 11) is 0. The van der Waals surface area contributed by atoms with Crippen LogP contribution in [0.3, 0.4) is 0 Å². The highest BCUT2D eigenvalue weighted by Gasteiger charge is 2.11. The topological polar surface area (TPSA) is 46.2 Å². The lowest BCUT2D eigenvalue weighted by molar-refractivity contribution is 0.265. The lowest BCUT2D eigenvalue weighted by Crippen LogP contribution is -2.17. The molecule has 1 atom stereocenters. The molecule has 0 heterocycles. The first kappa shape index (κ1) is 9.16. The first-order valence-corrected chi connectivity index (χ1v) is 3.78. The maximum Gasteiger partial charge on any atom is 0.128 e. The van der Waals surface area contributed by atoms with E-state index in [1.165, 1.54) is 6.07 Å². The molecule has 66 valence electrons. The van der Waals surface area contributed by atoms with Gasteiger partial charge in [0.25, 0.3) is 0 Å². The summed E-state index contributed by atoms with van der Waals surface area (Å²) in [4.78, 5) is 0. The van der Waals surface area contributed by atoms with Gasteiger partial charge in [-0.25, -0.2) is 4.39 Å². The van der Waals surface area contributed by atoms with E-state index < -0.39 is 6.04 Å². The van der Waals surface area contributed by atoms with Gasteiger partial charge in [-0.1, -0.05) is 12.1 Å². The third kappa shape index (κ3) is 1.62. The SMILES string of the molecule is Cc1cccc(F)c1[C@@H](N)CO. The van der Waals surface area contributed by atoms with Gasteiger partial charge in [0.2, 0.25) is 0 Å². The van der Waals surface area contributed by atoms with Crippen LogP contribution in [0.2, 0.25) is 0 Å². The van der Waals surface area contributed by atoms with Crippen molar-refractivity contribution >= 4 is 0 Å². The zero-order chi connectivity index (χ0) is 9.14. The second-order valence-corrected chi connectivity index (χ2v) is 2.76. The average Bonchev–Trinajstić information content (AvgIpc) is 2.03. The van der Waals surface area contributed by atoms with E-state index >= 15 is 0 Å². The van der Waals surface area contributed by atoms with Crippen LogP contribution in [0.25, 0.3) is 0 Å². The van der Waals surface area contributed by atoms with E-state index in [-0.39, 0.29) is 12.4 Å². The molecule has 0 aromatic heterocycles. The van der Waals surface area contributed by atoms with Gasteiger partial charge in [-0.05, 0) is 18.6 Å². The summed E-state index contributed by atoms with van der Waals surface area (Å²) < 4.78 is 13.1. The highest BCUT2D eigenvalue weighted by molar-refractivity contribution is 5.30. The monoisotopic (exact) mass is 169 g/mol. The van der Waals surface area contributed by atoms with Crippen molar-refractivity contribution in [3.05, 3.63) is 35.1 Å². The molecule has 0 aliphatic carbocycles. The van der Waals surface area contributed by atoms with E-state index in [0.29, 0.717) is 5.56 Å². The summed E-state index contributed by atoms with van der Waals surface area (Å²) in [5, 5.41) is 8.75. The fourth-order valence-corrected chi connectivity index (χ4v) is 1.21. The summed E-state index contributed by atoms with van der Waals surface area (Å²) in [6.45, 7) is 1.54. The summed E-state index contributed by atoms with van der Waals surface area (Å²) in [5.41, 5.74) is 6.68. The largest absolute Gasteiger partial charge is 0.394 e. The van der Waals surface area contributed by atoms with Crippen LogP contribution in [-0.4, -0.2) is 11.7 Å².